The van der Waals surface area contributed by atoms with E-state index in [1.165, 1.54) is 4.90 Å². The lowest BCUT2D eigenvalue weighted by molar-refractivity contribution is -0.139. The molecule has 1 aromatic rings. The topological polar surface area (TPSA) is 46.6 Å². The molecule has 0 N–H and O–H groups in total. The molecule has 21 heavy (non-hydrogen) atoms. The standard InChI is InChI=1S/C17H25NO3/c1-16(2,3)14(19)18(15(20)21-17(4,5)6)12-13-10-8-7-9-11-13/h7-11H,12H2,1-6H3. The number of benzene rings is 1. The first-order valence-electron chi connectivity index (χ1n) is 7.09. The molecule has 4 heteroatoms. The van der Waals surface area contributed by atoms with E-state index >= 15 is 0 Å². The van der Waals surface area contributed by atoms with E-state index in [9.17, 15) is 9.59 Å². The molecule has 0 saturated heterocycles. The van der Waals surface area contributed by atoms with Gasteiger partial charge < -0.3 is 4.74 Å². The number of hydrogen-bond acceptors (Lipinski definition) is 3. The van der Waals surface area contributed by atoms with Crippen molar-refractivity contribution in [1.82, 2.24) is 4.90 Å². The van der Waals surface area contributed by atoms with Gasteiger partial charge in [-0.05, 0) is 26.3 Å². The lowest BCUT2D eigenvalue weighted by Gasteiger charge is -2.30. The lowest BCUT2D eigenvalue weighted by atomic mass is 9.94. The van der Waals surface area contributed by atoms with E-state index in [4.69, 9.17) is 4.74 Å². The highest BCUT2D eigenvalue weighted by Crippen LogP contribution is 2.21. The van der Waals surface area contributed by atoms with Crippen LogP contribution in [0.15, 0.2) is 30.3 Å². The van der Waals surface area contributed by atoms with Gasteiger partial charge in [0, 0.05) is 5.41 Å². The van der Waals surface area contributed by atoms with Gasteiger partial charge in [-0.3, -0.25) is 4.79 Å². The molecule has 0 bridgehead atoms. The fourth-order valence-corrected chi connectivity index (χ4v) is 1.71. The quantitative estimate of drug-likeness (QED) is 0.827. The van der Waals surface area contributed by atoms with Gasteiger partial charge in [0.05, 0.1) is 6.54 Å². The molecule has 0 radical (unpaired) electrons. The Morgan fingerprint density at radius 2 is 1.52 bits per heavy atom. The van der Waals surface area contributed by atoms with Crippen LogP contribution >= 0.6 is 0 Å². The minimum absolute atomic E-state index is 0.214. The van der Waals surface area contributed by atoms with Crippen molar-refractivity contribution in [2.75, 3.05) is 0 Å². The molecule has 0 saturated carbocycles. The van der Waals surface area contributed by atoms with Crippen LogP contribution in [0.4, 0.5) is 4.79 Å². The average Bonchev–Trinajstić information content (AvgIpc) is 2.33. The highest BCUT2D eigenvalue weighted by atomic mass is 16.6. The van der Waals surface area contributed by atoms with E-state index in [1.54, 1.807) is 41.5 Å². The van der Waals surface area contributed by atoms with E-state index in [2.05, 4.69) is 0 Å². The maximum Gasteiger partial charge on any atom is 0.417 e. The van der Waals surface area contributed by atoms with E-state index in [-0.39, 0.29) is 12.5 Å². The van der Waals surface area contributed by atoms with Crippen LogP contribution < -0.4 is 0 Å². The first-order chi connectivity index (χ1) is 9.50. The number of carbonyl (C=O) groups is 2. The van der Waals surface area contributed by atoms with Crippen molar-refractivity contribution in [2.45, 2.75) is 53.7 Å². The molecule has 2 amide bonds. The first-order valence-corrected chi connectivity index (χ1v) is 7.09. The smallest absolute Gasteiger partial charge is 0.417 e. The molecule has 0 fully saturated rings. The molecular formula is C17H25NO3. The summed E-state index contributed by atoms with van der Waals surface area (Å²) in [7, 11) is 0. The monoisotopic (exact) mass is 291 g/mol. The van der Waals surface area contributed by atoms with Gasteiger partial charge in [0.1, 0.15) is 5.60 Å². The summed E-state index contributed by atoms with van der Waals surface area (Å²) >= 11 is 0. The maximum absolute atomic E-state index is 12.5. The van der Waals surface area contributed by atoms with Gasteiger partial charge in [-0.15, -0.1) is 0 Å². The third kappa shape index (κ3) is 5.58. The predicted molar refractivity (Wildman–Crippen MR) is 82.7 cm³/mol. The van der Waals surface area contributed by atoms with E-state index in [1.807, 2.05) is 30.3 Å². The summed E-state index contributed by atoms with van der Waals surface area (Å²) in [6, 6.07) is 9.42. The van der Waals surface area contributed by atoms with Crippen molar-refractivity contribution in [1.29, 1.82) is 0 Å². The molecule has 0 aliphatic carbocycles. The second-order valence-electron chi connectivity index (χ2n) is 7.11. The number of hydrogen-bond donors (Lipinski definition) is 0. The van der Waals surface area contributed by atoms with Crippen LogP contribution in [0.1, 0.15) is 47.1 Å². The van der Waals surface area contributed by atoms with Crippen molar-refractivity contribution >= 4 is 12.0 Å². The largest absolute Gasteiger partial charge is 0.443 e. The summed E-state index contributed by atoms with van der Waals surface area (Å²) in [5.74, 6) is -0.249. The Morgan fingerprint density at radius 3 is 1.95 bits per heavy atom. The van der Waals surface area contributed by atoms with Crippen molar-refractivity contribution in [3.8, 4) is 0 Å². The molecule has 1 rings (SSSR count). The Bertz CT molecular complexity index is 495. The Morgan fingerprint density at radius 1 is 1.00 bits per heavy atom. The molecule has 0 aliphatic rings. The summed E-state index contributed by atoms with van der Waals surface area (Å²) < 4.78 is 5.35. The minimum Gasteiger partial charge on any atom is -0.443 e. The second kappa shape index (κ2) is 6.29. The van der Waals surface area contributed by atoms with Gasteiger partial charge in [0.25, 0.3) is 0 Å². The van der Waals surface area contributed by atoms with Crippen LogP contribution in [-0.2, 0) is 16.1 Å². The number of nitrogens with zero attached hydrogens (tertiary/aromatic N) is 1. The fourth-order valence-electron chi connectivity index (χ4n) is 1.71. The van der Waals surface area contributed by atoms with Crippen molar-refractivity contribution in [3.63, 3.8) is 0 Å². The maximum atomic E-state index is 12.5. The van der Waals surface area contributed by atoms with Gasteiger partial charge >= 0.3 is 6.09 Å². The molecular weight excluding hydrogens is 266 g/mol. The highest BCUT2D eigenvalue weighted by molar-refractivity contribution is 5.94. The molecule has 4 nitrogen and oxygen atoms in total. The number of ether oxygens (including phenoxy) is 1. The third-order valence-electron chi connectivity index (χ3n) is 2.68. The van der Waals surface area contributed by atoms with Crippen molar-refractivity contribution in [2.24, 2.45) is 5.41 Å². The normalized spacial score (nSPS) is 11.9. The lowest BCUT2D eigenvalue weighted by Crippen LogP contribution is -2.45. The van der Waals surface area contributed by atoms with Gasteiger partial charge in [-0.2, -0.15) is 0 Å². The molecule has 0 aliphatic heterocycles. The van der Waals surface area contributed by atoms with E-state index in [0.29, 0.717) is 0 Å². The second-order valence-corrected chi connectivity index (χ2v) is 7.11. The van der Waals surface area contributed by atoms with Crippen LogP contribution in [0.2, 0.25) is 0 Å². The van der Waals surface area contributed by atoms with Crippen molar-refractivity contribution in [3.05, 3.63) is 35.9 Å². The molecule has 0 aromatic heterocycles. The Kier molecular flexibility index (Phi) is 5.15. The van der Waals surface area contributed by atoms with Gasteiger partial charge in [-0.1, -0.05) is 51.1 Å². The Labute approximate surface area is 127 Å². The van der Waals surface area contributed by atoms with Gasteiger partial charge in [0.2, 0.25) is 5.91 Å². The fraction of sp³-hybridized carbons (Fsp3) is 0.529. The summed E-state index contributed by atoms with van der Waals surface area (Å²) in [6.07, 6.45) is -0.605. The Hall–Kier alpha value is -1.84. The summed E-state index contributed by atoms with van der Waals surface area (Å²) in [6.45, 7) is 10.9. The van der Waals surface area contributed by atoms with E-state index < -0.39 is 17.1 Å². The molecule has 1 aromatic carbocycles. The molecule has 0 atom stereocenters. The number of imide groups is 1. The zero-order valence-corrected chi connectivity index (χ0v) is 13.8. The SMILES string of the molecule is CC(C)(C)OC(=O)N(Cc1ccccc1)C(=O)C(C)(C)C. The predicted octanol–water partition coefficient (Wildman–Crippen LogP) is 4.00. The zero-order chi connectivity index (χ0) is 16.3. The number of rotatable bonds is 2. The van der Waals surface area contributed by atoms with Crippen LogP contribution in [0, 0.1) is 5.41 Å². The van der Waals surface area contributed by atoms with Crippen LogP contribution in [0.5, 0.6) is 0 Å². The first kappa shape index (κ1) is 17.2. The number of carbonyl (C=O) groups excluding carboxylic acids is 2. The average molecular weight is 291 g/mol. The minimum atomic E-state index is -0.647. The highest BCUT2D eigenvalue weighted by Gasteiger charge is 2.34. The molecule has 0 heterocycles. The molecule has 116 valence electrons. The number of amides is 2. The van der Waals surface area contributed by atoms with Crippen LogP contribution in [-0.4, -0.2) is 22.5 Å². The van der Waals surface area contributed by atoms with Gasteiger partial charge in [0.15, 0.2) is 0 Å². The molecule has 0 spiro atoms. The third-order valence-corrected chi connectivity index (χ3v) is 2.68. The van der Waals surface area contributed by atoms with E-state index in [0.717, 1.165) is 5.56 Å². The van der Waals surface area contributed by atoms with Gasteiger partial charge in [-0.25, -0.2) is 9.69 Å². The Balaban J connectivity index is 3.00. The molecule has 0 unspecified atom stereocenters. The summed E-state index contributed by atoms with van der Waals surface area (Å²) in [5, 5.41) is 0. The summed E-state index contributed by atoms with van der Waals surface area (Å²) in [4.78, 5) is 26.0. The van der Waals surface area contributed by atoms with Crippen LogP contribution in [0.3, 0.4) is 0 Å². The summed E-state index contributed by atoms with van der Waals surface area (Å²) in [5.41, 5.74) is -0.392. The van der Waals surface area contributed by atoms with Crippen LogP contribution in [0.25, 0.3) is 0 Å². The van der Waals surface area contributed by atoms with Crippen molar-refractivity contribution < 1.29 is 14.3 Å². The zero-order valence-electron chi connectivity index (χ0n) is 13.8.